The van der Waals surface area contributed by atoms with E-state index in [0.29, 0.717) is 25.0 Å². The first kappa shape index (κ1) is 16.4. The maximum atomic E-state index is 12.7. The van der Waals surface area contributed by atoms with Crippen LogP contribution in [0.1, 0.15) is 29.7 Å². The second kappa shape index (κ2) is 6.46. The van der Waals surface area contributed by atoms with Gasteiger partial charge in [0.2, 0.25) is 5.91 Å². The Morgan fingerprint density at radius 1 is 1.07 bits per heavy atom. The van der Waals surface area contributed by atoms with Crippen LogP contribution in [0.5, 0.6) is 0 Å². The molecule has 2 aliphatic heterocycles. The van der Waals surface area contributed by atoms with E-state index in [1.165, 1.54) is 11.1 Å². The van der Waals surface area contributed by atoms with Gasteiger partial charge in [-0.1, -0.05) is 6.07 Å². The van der Waals surface area contributed by atoms with Crippen molar-refractivity contribution >= 4 is 11.6 Å². The van der Waals surface area contributed by atoms with Crippen molar-refractivity contribution < 1.29 is 4.79 Å². The highest BCUT2D eigenvalue weighted by Gasteiger charge is 2.46. The van der Waals surface area contributed by atoms with Crippen LogP contribution in [0.15, 0.2) is 49.1 Å². The number of nitrogens with zero attached hydrogens (tertiary/aromatic N) is 5. The molecule has 3 aromatic heterocycles. The summed E-state index contributed by atoms with van der Waals surface area (Å²) in [4.78, 5) is 26.0. The minimum atomic E-state index is 0.248. The van der Waals surface area contributed by atoms with Gasteiger partial charge in [-0.2, -0.15) is 0 Å². The Bertz CT molecular complexity index is 983. The summed E-state index contributed by atoms with van der Waals surface area (Å²) in [5.41, 5.74) is 4.35. The summed E-state index contributed by atoms with van der Waals surface area (Å²) in [6, 6.07) is 8.81. The standard InChI is InChI=1S/C21H23N5O/c1-15-2-3-20-23-17(13-25(20)11-15)14-26-18-6-9-24(19(18)10-21(26)27)12-16-4-7-22-8-5-16/h2-5,7-8,11,13,18-19H,6,9-10,12,14H2,1H3/t18-,19-/m0/s1. The largest absolute Gasteiger partial charge is 0.332 e. The monoisotopic (exact) mass is 361 g/mol. The molecule has 0 saturated carbocycles. The predicted octanol–water partition coefficient (Wildman–Crippen LogP) is 2.41. The third-order valence-electron chi connectivity index (χ3n) is 5.85. The molecule has 6 nitrogen and oxygen atoms in total. The molecule has 0 aliphatic carbocycles. The van der Waals surface area contributed by atoms with Crippen molar-refractivity contribution in [3.63, 3.8) is 0 Å². The van der Waals surface area contributed by atoms with Crippen molar-refractivity contribution in [2.75, 3.05) is 6.54 Å². The first-order valence-corrected chi connectivity index (χ1v) is 9.54. The van der Waals surface area contributed by atoms with Gasteiger partial charge in [0, 0.05) is 56.4 Å². The molecule has 3 aromatic rings. The Kier molecular flexibility index (Phi) is 3.93. The predicted molar refractivity (Wildman–Crippen MR) is 102 cm³/mol. The summed E-state index contributed by atoms with van der Waals surface area (Å²) < 4.78 is 2.05. The number of fused-ring (bicyclic) bond motifs is 2. The lowest BCUT2D eigenvalue weighted by molar-refractivity contribution is -0.129. The van der Waals surface area contributed by atoms with Gasteiger partial charge >= 0.3 is 0 Å². The molecule has 0 bridgehead atoms. The van der Waals surface area contributed by atoms with Gasteiger partial charge in [0.25, 0.3) is 0 Å². The van der Waals surface area contributed by atoms with Crippen LogP contribution in [-0.2, 0) is 17.9 Å². The van der Waals surface area contributed by atoms with Crippen LogP contribution in [0.4, 0.5) is 0 Å². The molecular weight excluding hydrogens is 338 g/mol. The molecule has 2 saturated heterocycles. The lowest BCUT2D eigenvalue weighted by Crippen LogP contribution is -2.36. The Balaban J connectivity index is 1.33. The zero-order valence-corrected chi connectivity index (χ0v) is 15.5. The Morgan fingerprint density at radius 2 is 1.93 bits per heavy atom. The number of amides is 1. The van der Waals surface area contributed by atoms with Crippen molar-refractivity contribution in [3.05, 3.63) is 65.9 Å². The second-order valence-electron chi connectivity index (χ2n) is 7.68. The molecule has 138 valence electrons. The zero-order chi connectivity index (χ0) is 18.4. The van der Waals surface area contributed by atoms with Crippen LogP contribution in [-0.4, -0.2) is 48.7 Å². The Morgan fingerprint density at radius 3 is 2.78 bits per heavy atom. The molecule has 2 aliphatic rings. The average molecular weight is 361 g/mol. The first-order valence-electron chi connectivity index (χ1n) is 9.54. The minimum Gasteiger partial charge on any atom is -0.332 e. The van der Waals surface area contributed by atoms with E-state index in [0.717, 1.165) is 30.9 Å². The summed E-state index contributed by atoms with van der Waals surface area (Å²) in [7, 11) is 0. The number of aryl methyl sites for hydroxylation is 1. The summed E-state index contributed by atoms with van der Waals surface area (Å²) in [5.74, 6) is 0.248. The van der Waals surface area contributed by atoms with E-state index in [1.807, 2.05) is 34.0 Å². The van der Waals surface area contributed by atoms with Crippen LogP contribution in [0.25, 0.3) is 5.65 Å². The molecule has 5 heterocycles. The molecule has 6 heteroatoms. The van der Waals surface area contributed by atoms with E-state index in [2.05, 4.69) is 41.2 Å². The Hall–Kier alpha value is -2.73. The molecule has 1 amide bonds. The summed E-state index contributed by atoms with van der Waals surface area (Å²) in [6.07, 6.45) is 9.44. The van der Waals surface area contributed by atoms with Crippen LogP contribution in [0.3, 0.4) is 0 Å². The number of imidazole rings is 1. The first-order chi connectivity index (χ1) is 13.2. The molecule has 0 radical (unpaired) electrons. The number of rotatable bonds is 4. The number of aromatic nitrogens is 3. The van der Waals surface area contributed by atoms with E-state index in [9.17, 15) is 4.79 Å². The van der Waals surface area contributed by atoms with Crippen LogP contribution < -0.4 is 0 Å². The molecule has 0 unspecified atom stereocenters. The van der Waals surface area contributed by atoms with E-state index in [4.69, 9.17) is 4.98 Å². The number of hydrogen-bond donors (Lipinski definition) is 0. The van der Waals surface area contributed by atoms with Crippen molar-refractivity contribution in [2.24, 2.45) is 0 Å². The fourth-order valence-corrected chi connectivity index (χ4v) is 4.54. The smallest absolute Gasteiger partial charge is 0.224 e. The van der Waals surface area contributed by atoms with Crippen molar-refractivity contribution in [2.45, 2.75) is 44.9 Å². The fraction of sp³-hybridized carbons (Fsp3) is 0.381. The summed E-state index contributed by atoms with van der Waals surface area (Å²) in [5, 5.41) is 0. The van der Waals surface area contributed by atoms with Crippen molar-refractivity contribution in [3.8, 4) is 0 Å². The molecule has 0 aromatic carbocycles. The van der Waals surface area contributed by atoms with Gasteiger partial charge in [0.15, 0.2) is 0 Å². The number of hydrogen-bond acceptors (Lipinski definition) is 4. The highest BCUT2D eigenvalue weighted by molar-refractivity contribution is 5.80. The molecule has 0 spiro atoms. The number of carbonyl (C=O) groups is 1. The SMILES string of the molecule is Cc1ccc2nc(CN3C(=O)C[C@H]4[C@@H]3CCN4Cc3ccncc3)cn2c1. The van der Waals surface area contributed by atoms with Gasteiger partial charge in [0.05, 0.1) is 12.2 Å². The lowest BCUT2D eigenvalue weighted by Gasteiger charge is -2.25. The normalized spacial score (nSPS) is 22.7. The van der Waals surface area contributed by atoms with Gasteiger partial charge < -0.3 is 9.30 Å². The van der Waals surface area contributed by atoms with Crippen molar-refractivity contribution in [1.82, 2.24) is 24.2 Å². The molecule has 5 rings (SSSR count). The molecule has 2 fully saturated rings. The van der Waals surface area contributed by atoms with Crippen LogP contribution >= 0.6 is 0 Å². The van der Waals surface area contributed by atoms with E-state index < -0.39 is 0 Å². The van der Waals surface area contributed by atoms with Gasteiger partial charge in [-0.15, -0.1) is 0 Å². The zero-order valence-electron chi connectivity index (χ0n) is 15.5. The Labute approximate surface area is 158 Å². The van der Waals surface area contributed by atoms with E-state index in [1.54, 1.807) is 0 Å². The van der Waals surface area contributed by atoms with Crippen molar-refractivity contribution in [1.29, 1.82) is 0 Å². The summed E-state index contributed by atoms with van der Waals surface area (Å²) in [6.45, 7) is 4.59. The molecule has 0 N–H and O–H groups in total. The molecular formula is C21H23N5O. The van der Waals surface area contributed by atoms with Gasteiger partial charge in [-0.25, -0.2) is 4.98 Å². The fourth-order valence-electron chi connectivity index (χ4n) is 4.54. The molecule has 27 heavy (non-hydrogen) atoms. The van der Waals surface area contributed by atoms with Crippen LogP contribution in [0, 0.1) is 6.92 Å². The highest BCUT2D eigenvalue weighted by atomic mass is 16.2. The maximum Gasteiger partial charge on any atom is 0.224 e. The number of likely N-dealkylation sites (tertiary alicyclic amines) is 2. The van der Waals surface area contributed by atoms with Gasteiger partial charge in [-0.05, 0) is 42.7 Å². The topological polar surface area (TPSA) is 53.7 Å². The third-order valence-corrected chi connectivity index (χ3v) is 5.85. The van der Waals surface area contributed by atoms with E-state index in [-0.39, 0.29) is 5.91 Å². The van der Waals surface area contributed by atoms with Gasteiger partial charge in [0.1, 0.15) is 5.65 Å². The maximum absolute atomic E-state index is 12.7. The lowest BCUT2D eigenvalue weighted by atomic mass is 10.1. The molecule has 2 atom stereocenters. The number of carbonyl (C=O) groups excluding carboxylic acids is 1. The van der Waals surface area contributed by atoms with E-state index >= 15 is 0 Å². The van der Waals surface area contributed by atoms with Crippen LogP contribution in [0.2, 0.25) is 0 Å². The minimum absolute atomic E-state index is 0.248. The second-order valence-corrected chi connectivity index (χ2v) is 7.68. The number of pyridine rings is 2. The van der Waals surface area contributed by atoms with Gasteiger partial charge in [-0.3, -0.25) is 14.7 Å². The average Bonchev–Trinajstić information content (AvgIpc) is 3.32. The summed E-state index contributed by atoms with van der Waals surface area (Å²) >= 11 is 0. The highest BCUT2D eigenvalue weighted by Crippen LogP contribution is 2.34. The third kappa shape index (κ3) is 3.00. The quantitative estimate of drug-likeness (QED) is 0.716.